The van der Waals surface area contributed by atoms with Crippen molar-refractivity contribution in [2.75, 3.05) is 6.61 Å². The summed E-state index contributed by atoms with van der Waals surface area (Å²) in [5, 5.41) is 0. The maximum Gasteiger partial charge on any atom is 0.126 e. The first-order chi connectivity index (χ1) is 5.92. The zero-order valence-corrected chi connectivity index (χ0v) is 7.05. The summed E-state index contributed by atoms with van der Waals surface area (Å²) in [6.45, 7) is 1.41. The van der Waals surface area contributed by atoms with Gasteiger partial charge in [0.2, 0.25) is 0 Å². The van der Waals surface area contributed by atoms with Crippen LogP contribution in [0.5, 0.6) is 5.75 Å². The molecule has 0 saturated heterocycles. The number of aryl methyl sites for hydroxylation is 1. The van der Waals surface area contributed by atoms with Gasteiger partial charge in [0.25, 0.3) is 0 Å². The fourth-order valence-corrected chi connectivity index (χ4v) is 1.62. The number of hydrogen-bond acceptors (Lipinski definition) is 2. The molecule has 1 aromatic rings. The second-order valence-corrected chi connectivity index (χ2v) is 3.06. The van der Waals surface area contributed by atoms with Gasteiger partial charge in [0.15, 0.2) is 0 Å². The molecule has 1 aromatic carbocycles. The van der Waals surface area contributed by atoms with Crippen LogP contribution in [0.15, 0.2) is 18.2 Å². The first-order valence-electron chi connectivity index (χ1n) is 4.35. The van der Waals surface area contributed by atoms with E-state index in [-0.39, 0.29) is 0 Å². The summed E-state index contributed by atoms with van der Waals surface area (Å²) < 4.78 is 5.57. The summed E-state index contributed by atoms with van der Waals surface area (Å²) in [5.74, 6) is 1.03. The Morgan fingerprint density at radius 1 is 1.42 bits per heavy atom. The van der Waals surface area contributed by atoms with E-state index in [1.807, 2.05) is 6.07 Å². The molecule has 2 rings (SSSR count). The van der Waals surface area contributed by atoms with E-state index in [2.05, 4.69) is 12.1 Å². The van der Waals surface area contributed by atoms with Crippen LogP contribution in [0.3, 0.4) is 0 Å². The summed E-state index contributed by atoms with van der Waals surface area (Å²) >= 11 is 0. The van der Waals surface area contributed by atoms with E-state index in [4.69, 9.17) is 10.5 Å². The van der Waals surface area contributed by atoms with E-state index in [9.17, 15) is 0 Å². The summed E-state index contributed by atoms with van der Waals surface area (Å²) in [7, 11) is 0. The monoisotopic (exact) mass is 163 g/mol. The molecular formula is C10H13NO. The van der Waals surface area contributed by atoms with Crippen LogP contribution in [0.1, 0.15) is 17.5 Å². The van der Waals surface area contributed by atoms with E-state index in [1.54, 1.807) is 0 Å². The maximum atomic E-state index is 5.59. The minimum atomic E-state index is 0.573. The lowest BCUT2D eigenvalue weighted by Crippen LogP contribution is -2.11. The Bertz CT molecular complexity index is 269. The van der Waals surface area contributed by atoms with Gasteiger partial charge in [-0.2, -0.15) is 0 Å². The third-order valence-electron chi connectivity index (χ3n) is 2.23. The number of nitrogens with two attached hydrogens (primary N) is 1. The maximum absolute atomic E-state index is 5.59. The minimum Gasteiger partial charge on any atom is -0.493 e. The van der Waals surface area contributed by atoms with E-state index in [0.717, 1.165) is 30.8 Å². The highest BCUT2D eigenvalue weighted by Gasteiger charge is 2.12. The molecule has 0 unspecified atom stereocenters. The molecule has 1 aliphatic heterocycles. The Morgan fingerprint density at radius 3 is 3.17 bits per heavy atom. The number of benzene rings is 1. The van der Waals surface area contributed by atoms with E-state index < -0.39 is 0 Å². The molecule has 1 heterocycles. The van der Waals surface area contributed by atoms with Gasteiger partial charge in [-0.05, 0) is 18.4 Å². The lowest BCUT2D eigenvalue weighted by molar-refractivity contribution is 0.285. The van der Waals surface area contributed by atoms with Crippen molar-refractivity contribution in [3.8, 4) is 5.75 Å². The zero-order chi connectivity index (χ0) is 8.39. The molecule has 2 N–H and O–H groups in total. The van der Waals surface area contributed by atoms with Crippen LogP contribution in [-0.4, -0.2) is 6.61 Å². The summed E-state index contributed by atoms with van der Waals surface area (Å²) in [6, 6.07) is 6.20. The van der Waals surface area contributed by atoms with Crippen LogP contribution in [0.25, 0.3) is 0 Å². The van der Waals surface area contributed by atoms with Gasteiger partial charge in [-0.1, -0.05) is 18.2 Å². The summed E-state index contributed by atoms with van der Waals surface area (Å²) in [4.78, 5) is 0. The molecule has 0 fully saturated rings. The molecule has 64 valence electrons. The molecule has 0 aliphatic carbocycles. The molecule has 0 radical (unpaired) electrons. The van der Waals surface area contributed by atoms with Crippen molar-refractivity contribution in [1.82, 2.24) is 0 Å². The molecule has 0 saturated carbocycles. The predicted octanol–water partition coefficient (Wildman–Crippen LogP) is 1.47. The Balaban J connectivity index is 2.44. The number of hydrogen-bond donors (Lipinski definition) is 1. The van der Waals surface area contributed by atoms with Gasteiger partial charge >= 0.3 is 0 Å². The van der Waals surface area contributed by atoms with Crippen LogP contribution in [-0.2, 0) is 13.0 Å². The van der Waals surface area contributed by atoms with Crippen LogP contribution >= 0.6 is 0 Å². The first-order valence-corrected chi connectivity index (χ1v) is 4.35. The van der Waals surface area contributed by atoms with Crippen LogP contribution in [0.2, 0.25) is 0 Å². The normalized spacial score (nSPS) is 15.1. The Hall–Kier alpha value is -1.02. The van der Waals surface area contributed by atoms with Crippen molar-refractivity contribution in [1.29, 1.82) is 0 Å². The van der Waals surface area contributed by atoms with Gasteiger partial charge in [0.1, 0.15) is 5.75 Å². The van der Waals surface area contributed by atoms with Crippen molar-refractivity contribution < 1.29 is 4.74 Å². The number of rotatable bonds is 1. The molecular weight excluding hydrogens is 150 g/mol. The highest BCUT2D eigenvalue weighted by atomic mass is 16.5. The highest BCUT2D eigenvalue weighted by Crippen LogP contribution is 2.28. The van der Waals surface area contributed by atoms with Crippen molar-refractivity contribution in [2.24, 2.45) is 5.73 Å². The van der Waals surface area contributed by atoms with Gasteiger partial charge in [-0.15, -0.1) is 0 Å². The molecule has 0 bridgehead atoms. The highest BCUT2D eigenvalue weighted by molar-refractivity contribution is 5.42. The molecule has 2 nitrogen and oxygen atoms in total. The number of ether oxygens (including phenoxy) is 1. The molecule has 0 atom stereocenters. The van der Waals surface area contributed by atoms with Crippen molar-refractivity contribution >= 4 is 0 Å². The van der Waals surface area contributed by atoms with Crippen LogP contribution in [0, 0.1) is 0 Å². The van der Waals surface area contributed by atoms with E-state index in [0.29, 0.717) is 6.54 Å². The smallest absolute Gasteiger partial charge is 0.126 e. The van der Waals surface area contributed by atoms with E-state index >= 15 is 0 Å². The Morgan fingerprint density at radius 2 is 2.33 bits per heavy atom. The molecule has 2 heteroatoms. The molecule has 0 amide bonds. The van der Waals surface area contributed by atoms with Gasteiger partial charge in [-0.25, -0.2) is 0 Å². The third-order valence-corrected chi connectivity index (χ3v) is 2.23. The van der Waals surface area contributed by atoms with E-state index in [1.165, 1.54) is 5.56 Å². The lowest BCUT2D eigenvalue weighted by Gasteiger charge is -2.19. The average Bonchev–Trinajstić information content (AvgIpc) is 2.17. The van der Waals surface area contributed by atoms with Crippen LogP contribution in [0.4, 0.5) is 0 Å². The quantitative estimate of drug-likeness (QED) is 0.680. The minimum absolute atomic E-state index is 0.573. The SMILES string of the molecule is NCc1cccc2c1OCCC2. The van der Waals surface area contributed by atoms with Gasteiger partial charge in [0.05, 0.1) is 6.61 Å². The molecule has 1 aliphatic rings. The Labute approximate surface area is 72.3 Å². The fraction of sp³-hybridized carbons (Fsp3) is 0.400. The van der Waals surface area contributed by atoms with Crippen molar-refractivity contribution in [3.63, 3.8) is 0 Å². The van der Waals surface area contributed by atoms with Gasteiger partial charge in [0, 0.05) is 12.1 Å². The van der Waals surface area contributed by atoms with Crippen molar-refractivity contribution in [3.05, 3.63) is 29.3 Å². The fourth-order valence-electron chi connectivity index (χ4n) is 1.62. The summed E-state index contributed by atoms with van der Waals surface area (Å²) in [5.41, 5.74) is 8.04. The average molecular weight is 163 g/mol. The third kappa shape index (κ3) is 1.18. The first kappa shape index (κ1) is 7.62. The zero-order valence-electron chi connectivity index (χ0n) is 7.05. The largest absolute Gasteiger partial charge is 0.493 e. The molecule has 0 aromatic heterocycles. The standard InChI is InChI=1S/C10H13NO/c11-7-9-4-1-3-8-5-2-6-12-10(8)9/h1,3-4H,2,5-7,11H2. The lowest BCUT2D eigenvalue weighted by atomic mass is 10.0. The second-order valence-electron chi connectivity index (χ2n) is 3.06. The number of fused-ring (bicyclic) bond motifs is 1. The molecule has 0 spiro atoms. The topological polar surface area (TPSA) is 35.2 Å². The Kier molecular flexibility index (Phi) is 2.00. The number of para-hydroxylation sites is 1. The van der Waals surface area contributed by atoms with Gasteiger partial charge in [-0.3, -0.25) is 0 Å². The molecule has 12 heavy (non-hydrogen) atoms. The predicted molar refractivity (Wildman–Crippen MR) is 48.1 cm³/mol. The van der Waals surface area contributed by atoms with Crippen LogP contribution < -0.4 is 10.5 Å². The second kappa shape index (κ2) is 3.15. The van der Waals surface area contributed by atoms with Gasteiger partial charge < -0.3 is 10.5 Å². The summed E-state index contributed by atoms with van der Waals surface area (Å²) in [6.07, 6.45) is 2.25. The van der Waals surface area contributed by atoms with Crippen molar-refractivity contribution in [2.45, 2.75) is 19.4 Å².